The highest BCUT2D eigenvalue weighted by atomic mass is 79.9. The van der Waals surface area contributed by atoms with E-state index in [4.69, 9.17) is 0 Å². The number of likely N-dealkylation sites (tertiary alicyclic amines) is 1. The van der Waals surface area contributed by atoms with E-state index in [2.05, 4.69) is 26.2 Å². The monoisotopic (exact) mass is 387 g/mol. The first kappa shape index (κ1) is 16.6. The summed E-state index contributed by atoms with van der Waals surface area (Å²) in [5.74, 6) is -0.379. The molecule has 3 rings (SSSR count). The molecule has 1 N–H and O–H groups in total. The van der Waals surface area contributed by atoms with Crippen molar-refractivity contribution in [1.82, 2.24) is 9.88 Å². The number of rotatable bonds is 3. The number of carbonyl (C=O) groups excluding carboxylic acids is 2. The van der Waals surface area contributed by atoms with Gasteiger partial charge in [-0.3, -0.25) is 14.6 Å². The summed E-state index contributed by atoms with van der Waals surface area (Å²) in [5.41, 5.74) is 2.52. The Morgan fingerprint density at radius 2 is 1.92 bits per heavy atom. The predicted octanol–water partition coefficient (Wildman–Crippen LogP) is 3.64. The molecule has 0 radical (unpaired) electrons. The molecule has 24 heavy (non-hydrogen) atoms. The minimum absolute atomic E-state index is 0.112. The van der Waals surface area contributed by atoms with Gasteiger partial charge in [-0.2, -0.15) is 0 Å². The lowest BCUT2D eigenvalue weighted by atomic mass is 10.2. The van der Waals surface area contributed by atoms with Crippen LogP contribution in [-0.2, 0) is 0 Å². The molecule has 0 saturated carbocycles. The van der Waals surface area contributed by atoms with Crippen molar-refractivity contribution in [2.75, 3.05) is 18.4 Å². The van der Waals surface area contributed by atoms with E-state index >= 15 is 0 Å². The molecule has 0 unspecified atom stereocenters. The number of hydrogen-bond acceptors (Lipinski definition) is 3. The Balaban J connectivity index is 1.77. The molecule has 0 aliphatic carbocycles. The fourth-order valence-electron chi connectivity index (χ4n) is 2.69. The summed E-state index contributed by atoms with van der Waals surface area (Å²) < 4.78 is 0.818. The SMILES string of the molecule is Cc1ccc(NC(=O)c2ccnc(C(=O)N3CCCC3)c2)c(Br)c1. The lowest BCUT2D eigenvalue weighted by Crippen LogP contribution is -2.28. The number of pyridine rings is 1. The van der Waals surface area contributed by atoms with Gasteiger partial charge in [0.25, 0.3) is 11.8 Å². The van der Waals surface area contributed by atoms with Crippen LogP contribution in [0.1, 0.15) is 39.3 Å². The summed E-state index contributed by atoms with van der Waals surface area (Å²) in [5, 5.41) is 2.85. The second-order valence-electron chi connectivity index (χ2n) is 5.87. The van der Waals surface area contributed by atoms with Crippen LogP contribution in [0.15, 0.2) is 41.0 Å². The van der Waals surface area contributed by atoms with E-state index in [1.807, 2.05) is 25.1 Å². The summed E-state index contributed by atoms with van der Waals surface area (Å²) >= 11 is 3.44. The number of hydrogen-bond donors (Lipinski definition) is 1. The minimum atomic E-state index is -0.266. The summed E-state index contributed by atoms with van der Waals surface area (Å²) in [6.07, 6.45) is 3.54. The number of aromatic nitrogens is 1. The molecule has 5 nitrogen and oxygen atoms in total. The lowest BCUT2D eigenvalue weighted by molar-refractivity contribution is 0.0787. The van der Waals surface area contributed by atoms with E-state index in [9.17, 15) is 9.59 Å². The highest BCUT2D eigenvalue weighted by molar-refractivity contribution is 9.10. The van der Waals surface area contributed by atoms with Gasteiger partial charge in [-0.1, -0.05) is 6.07 Å². The maximum atomic E-state index is 12.5. The third-order valence-electron chi connectivity index (χ3n) is 4.01. The average molecular weight is 388 g/mol. The number of carbonyl (C=O) groups is 2. The van der Waals surface area contributed by atoms with E-state index < -0.39 is 0 Å². The highest BCUT2D eigenvalue weighted by Crippen LogP contribution is 2.24. The van der Waals surface area contributed by atoms with Gasteiger partial charge in [0.15, 0.2) is 0 Å². The van der Waals surface area contributed by atoms with Gasteiger partial charge in [-0.25, -0.2) is 0 Å². The molecular weight excluding hydrogens is 370 g/mol. The highest BCUT2D eigenvalue weighted by Gasteiger charge is 2.21. The second-order valence-corrected chi connectivity index (χ2v) is 6.72. The molecule has 0 spiro atoms. The minimum Gasteiger partial charge on any atom is -0.337 e. The van der Waals surface area contributed by atoms with Crippen molar-refractivity contribution in [1.29, 1.82) is 0 Å². The molecule has 1 fully saturated rings. The van der Waals surface area contributed by atoms with Crippen molar-refractivity contribution < 1.29 is 9.59 Å². The number of anilines is 1. The zero-order valence-electron chi connectivity index (χ0n) is 13.4. The van der Waals surface area contributed by atoms with E-state index in [0.717, 1.165) is 36.0 Å². The van der Waals surface area contributed by atoms with Gasteiger partial charge in [0, 0.05) is 29.3 Å². The van der Waals surface area contributed by atoms with Crippen LogP contribution in [0.4, 0.5) is 5.69 Å². The van der Waals surface area contributed by atoms with Gasteiger partial charge in [-0.05, 0) is 65.5 Å². The molecule has 0 bridgehead atoms. The van der Waals surface area contributed by atoms with Crippen LogP contribution < -0.4 is 5.32 Å². The zero-order valence-corrected chi connectivity index (χ0v) is 15.0. The third-order valence-corrected chi connectivity index (χ3v) is 4.66. The van der Waals surface area contributed by atoms with E-state index in [1.54, 1.807) is 17.0 Å². The average Bonchev–Trinajstić information content (AvgIpc) is 3.11. The van der Waals surface area contributed by atoms with Crippen LogP contribution in [0.25, 0.3) is 0 Å². The number of nitrogens with zero attached hydrogens (tertiary/aromatic N) is 2. The Hall–Kier alpha value is -2.21. The van der Waals surface area contributed by atoms with Crippen molar-refractivity contribution in [3.63, 3.8) is 0 Å². The Morgan fingerprint density at radius 1 is 1.17 bits per heavy atom. The van der Waals surface area contributed by atoms with Crippen molar-refractivity contribution in [2.24, 2.45) is 0 Å². The van der Waals surface area contributed by atoms with Crippen molar-refractivity contribution in [3.05, 3.63) is 57.8 Å². The second kappa shape index (κ2) is 7.13. The van der Waals surface area contributed by atoms with Crippen LogP contribution in [0, 0.1) is 6.92 Å². The van der Waals surface area contributed by atoms with Gasteiger partial charge in [0.1, 0.15) is 5.69 Å². The molecule has 1 aliphatic rings. The summed E-state index contributed by atoms with van der Waals surface area (Å²) in [6.45, 7) is 3.50. The number of benzene rings is 1. The quantitative estimate of drug-likeness (QED) is 0.874. The van der Waals surface area contributed by atoms with Gasteiger partial charge < -0.3 is 10.2 Å². The standard InChI is InChI=1S/C18H18BrN3O2/c1-12-4-5-15(14(19)10-12)21-17(23)13-6-7-20-16(11-13)18(24)22-8-2-3-9-22/h4-7,10-11H,2-3,8-9H2,1H3,(H,21,23). The first-order valence-corrected chi connectivity index (χ1v) is 8.67. The van der Waals surface area contributed by atoms with Crippen molar-refractivity contribution in [3.8, 4) is 0 Å². The van der Waals surface area contributed by atoms with E-state index in [0.29, 0.717) is 16.9 Å². The largest absolute Gasteiger partial charge is 0.337 e. The normalized spacial score (nSPS) is 13.8. The van der Waals surface area contributed by atoms with Crippen LogP contribution in [-0.4, -0.2) is 34.8 Å². The predicted molar refractivity (Wildman–Crippen MR) is 96.2 cm³/mol. The molecule has 1 saturated heterocycles. The Kier molecular flexibility index (Phi) is 4.94. The molecule has 2 amide bonds. The van der Waals surface area contributed by atoms with Gasteiger partial charge in [-0.15, -0.1) is 0 Å². The molecule has 2 heterocycles. The molecule has 2 aromatic rings. The molecule has 0 atom stereocenters. The van der Waals surface area contributed by atoms with Crippen LogP contribution in [0.5, 0.6) is 0 Å². The molecule has 1 aromatic heterocycles. The molecule has 1 aromatic carbocycles. The van der Waals surface area contributed by atoms with Crippen molar-refractivity contribution in [2.45, 2.75) is 19.8 Å². The zero-order chi connectivity index (χ0) is 17.1. The Labute approximate surface area is 149 Å². The van der Waals surface area contributed by atoms with Crippen LogP contribution >= 0.6 is 15.9 Å². The Morgan fingerprint density at radius 3 is 2.62 bits per heavy atom. The number of nitrogens with one attached hydrogen (secondary N) is 1. The summed E-state index contributed by atoms with van der Waals surface area (Å²) in [6, 6.07) is 8.87. The fourth-order valence-corrected chi connectivity index (χ4v) is 3.28. The Bertz CT molecular complexity index is 786. The van der Waals surface area contributed by atoms with E-state index in [1.165, 1.54) is 6.20 Å². The molecule has 6 heteroatoms. The smallest absolute Gasteiger partial charge is 0.272 e. The topological polar surface area (TPSA) is 62.3 Å². The number of halogens is 1. The third kappa shape index (κ3) is 3.64. The first-order valence-electron chi connectivity index (χ1n) is 7.87. The van der Waals surface area contributed by atoms with E-state index in [-0.39, 0.29) is 11.8 Å². The fraction of sp³-hybridized carbons (Fsp3) is 0.278. The summed E-state index contributed by atoms with van der Waals surface area (Å²) in [7, 11) is 0. The summed E-state index contributed by atoms with van der Waals surface area (Å²) in [4.78, 5) is 30.8. The maximum absolute atomic E-state index is 12.5. The van der Waals surface area contributed by atoms with Gasteiger partial charge in [0.05, 0.1) is 5.69 Å². The van der Waals surface area contributed by atoms with Gasteiger partial charge in [0.2, 0.25) is 0 Å². The van der Waals surface area contributed by atoms with Crippen molar-refractivity contribution >= 4 is 33.4 Å². The first-order chi connectivity index (χ1) is 11.5. The number of aryl methyl sites for hydroxylation is 1. The lowest BCUT2D eigenvalue weighted by Gasteiger charge is -2.15. The van der Waals surface area contributed by atoms with Gasteiger partial charge >= 0.3 is 0 Å². The van der Waals surface area contributed by atoms with Crippen LogP contribution in [0.2, 0.25) is 0 Å². The maximum Gasteiger partial charge on any atom is 0.272 e. The van der Waals surface area contributed by atoms with Crippen LogP contribution in [0.3, 0.4) is 0 Å². The molecular formula is C18H18BrN3O2. The molecule has 1 aliphatic heterocycles. The molecule has 124 valence electrons. The number of amides is 2.